The Balaban J connectivity index is 1.48. The molecule has 0 radical (unpaired) electrons. The highest BCUT2D eigenvalue weighted by Crippen LogP contribution is 2.35. The van der Waals surface area contributed by atoms with E-state index in [2.05, 4.69) is 45.4 Å². The molecule has 5 heteroatoms. The number of amides is 1. The molecule has 1 amide bonds. The van der Waals surface area contributed by atoms with Crippen LogP contribution in [0.3, 0.4) is 0 Å². The summed E-state index contributed by atoms with van der Waals surface area (Å²) in [6.45, 7) is 4.55. The van der Waals surface area contributed by atoms with Crippen LogP contribution in [-0.2, 0) is 9.53 Å². The quantitative estimate of drug-likeness (QED) is 0.918. The molecule has 0 bridgehead atoms. The lowest BCUT2D eigenvalue weighted by molar-refractivity contribution is -0.129. The van der Waals surface area contributed by atoms with Crippen molar-refractivity contribution in [3.8, 4) is 0 Å². The monoisotopic (exact) mass is 329 g/mol. The molecule has 0 saturated carbocycles. The number of nitrogens with one attached hydrogen (secondary N) is 1. The van der Waals surface area contributed by atoms with Crippen LogP contribution in [-0.4, -0.2) is 60.8 Å². The van der Waals surface area contributed by atoms with Gasteiger partial charge in [-0.15, -0.1) is 0 Å². The van der Waals surface area contributed by atoms with Gasteiger partial charge in [-0.05, 0) is 24.8 Å². The number of carbonyl (C=O) groups excluding carboxylic acids is 1. The molecule has 3 unspecified atom stereocenters. The van der Waals surface area contributed by atoms with E-state index in [9.17, 15) is 4.79 Å². The van der Waals surface area contributed by atoms with Crippen LogP contribution in [0.2, 0.25) is 0 Å². The summed E-state index contributed by atoms with van der Waals surface area (Å²) in [5.74, 6) is 0.196. The lowest BCUT2D eigenvalue weighted by atomic mass is 9.98. The lowest BCUT2D eigenvalue weighted by Crippen LogP contribution is -2.58. The first-order valence-corrected chi connectivity index (χ1v) is 9.23. The summed E-state index contributed by atoms with van der Waals surface area (Å²) in [5, 5.41) is 3.26. The van der Waals surface area contributed by atoms with E-state index < -0.39 is 0 Å². The maximum absolute atomic E-state index is 12.3. The van der Waals surface area contributed by atoms with Gasteiger partial charge in [0.25, 0.3) is 0 Å². The third-order valence-corrected chi connectivity index (χ3v) is 5.68. The van der Waals surface area contributed by atoms with Gasteiger partial charge in [-0.1, -0.05) is 30.3 Å². The fourth-order valence-corrected chi connectivity index (χ4v) is 4.49. The molecule has 1 N–H and O–H groups in total. The van der Waals surface area contributed by atoms with Crippen LogP contribution in [0, 0.1) is 0 Å². The Bertz CT molecular complexity index is 559. The Kier molecular flexibility index (Phi) is 4.83. The summed E-state index contributed by atoms with van der Waals surface area (Å²) in [7, 11) is 0. The van der Waals surface area contributed by atoms with Crippen LogP contribution in [0.25, 0.3) is 0 Å². The van der Waals surface area contributed by atoms with Crippen molar-refractivity contribution in [3.63, 3.8) is 0 Å². The van der Waals surface area contributed by atoms with Crippen LogP contribution in [0.15, 0.2) is 30.3 Å². The third kappa shape index (κ3) is 3.34. The minimum atomic E-state index is 0.159. The zero-order chi connectivity index (χ0) is 16.4. The second-order valence-corrected chi connectivity index (χ2v) is 7.13. The smallest absolute Gasteiger partial charge is 0.222 e. The molecule has 1 aromatic rings. The van der Waals surface area contributed by atoms with E-state index in [1.54, 1.807) is 0 Å². The predicted molar refractivity (Wildman–Crippen MR) is 92.5 cm³/mol. The van der Waals surface area contributed by atoms with Crippen molar-refractivity contribution in [2.24, 2.45) is 0 Å². The number of likely N-dealkylation sites (tertiary alicyclic amines) is 1. The van der Waals surface area contributed by atoms with E-state index in [1.165, 1.54) is 18.4 Å². The van der Waals surface area contributed by atoms with Gasteiger partial charge in [-0.2, -0.15) is 0 Å². The summed E-state index contributed by atoms with van der Waals surface area (Å²) < 4.78 is 5.47. The molecule has 3 saturated heterocycles. The molecule has 1 aromatic carbocycles. The Morgan fingerprint density at radius 2 is 1.88 bits per heavy atom. The van der Waals surface area contributed by atoms with Crippen molar-refractivity contribution in [1.82, 2.24) is 15.1 Å². The van der Waals surface area contributed by atoms with Gasteiger partial charge in [-0.25, -0.2) is 0 Å². The van der Waals surface area contributed by atoms with E-state index in [0.29, 0.717) is 18.5 Å². The van der Waals surface area contributed by atoms with Crippen molar-refractivity contribution in [2.45, 2.75) is 43.9 Å². The van der Waals surface area contributed by atoms with E-state index in [0.717, 1.165) is 39.3 Å². The fraction of sp³-hybridized carbons (Fsp3) is 0.632. The van der Waals surface area contributed by atoms with Crippen LogP contribution in [0.5, 0.6) is 0 Å². The van der Waals surface area contributed by atoms with Gasteiger partial charge < -0.3 is 10.1 Å². The van der Waals surface area contributed by atoms with E-state index >= 15 is 0 Å². The van der Waals surface area contributed by atoms with Gasteiger partial charge in [0.15, 0.2) is 0 Å². The highest BCUT2D eigenvalue weighted by atomic mass is 16.5. The number of ether oxygens (including phenoxy) is 1. The van der Waals surface area contributed by atoms with Crippen molar-refractivity contribution < 1.29 is 9.53 Å². The summed E-state index contributed by atoms with van der Waals surface area (Å²) >= 11 is 0. The van der Waals surface area contributed by atoms with E-state index in [-0.39, 0.29) is 12.1 Å². The molecule has 24 heavy (non-hydrogen) atoms. The van der Waals surface area contributed by atoms with Gasteiger partial charge in [0, 0.05) is 38.1 Å². The van der Waals surface area contributed by atoms with Crippen LogP contribution >= 0.6 is 0 Å². The minimum Gasteiger partial charge on any atom is -0.379 e. The molecule has 3 aliphatic heterocycles. The molecule has 5 nitrogen and oxygen atoms in total. The van der Waals surface area contributed by atoms with Crippen molar-refractivity contribution in [2.75, 3.05) is 32.8 Å². The summed E-state index contributed by atoms with van der Waals surface area (Å²) in [6.07, 6.45) is 4.19. The average molecular weight is 329 g/mol. The second-order valence-electron chi connectivity index (χ2n) is 7.13. The number of nitrogens with zero attached hydrogens (tertiary/aromatic N) is 2. The maximum Gasteiger partial charge on any atom is 0.222 e. The highest BCUT2D eigenvalue weighted by molar-refractivity contribution is 5.77. The number of hydrogen-bond acceptors (Lipinski definition) is 4. The minimum absolute atomic E-state index is 0.159. The van der Waals surface area contributed by atoms with Crippen molar-refractivity contribution in [1.29, 1.82) is 0 Å². The van der Waals surface area contributed by atoms with Crippen molar-refractivity contribution in [3.05, 3.63) is 35.9 Å². The Morgan fingerprint density at radius 3 is 2.67 bits per heavy atom. The Hall–Kier alpha value is -1.43. The van der Waals surface area contributed by atoms with Crippen LogP contribution in [0.4, 0.5) is 0 Å². The highest BCUT2D eigenvalue weighted by Gasteiger charge is 2.38. The molecule has 4 rings (SSSR count). The number of piperidine rings is 1. The topological polar surface area (TPSA) is 44.8 Å². The largest absolute Gasteiger partial charge is 0.379 e. The van der Waals surface area contributed by atoms with Gasteiger partial charge in [0.1, 0.15) is 0 Å². The molecule has 0 spiro atoms. The maximum atomic E-state index is 12.3. The normalized spacial score (nSPS) is 32.7. The summed E-state index contributed by atoms with van der Waals surface area (Å²) in [4.78, 5) is 17.3. The fourth-order valence-electron chi connectivity index (χ4n) is 4.49. The van der Waals surface area contributed by atoms with E-state index in [1.807, 2.05) is 0 Å². The van der Waals surface area contributed by atoms with Gasteiger partial charge in [-0.3, -0.25) is 14.6 Å². The first-order valence-electron chi connectivity index (χ1n) is 9.23. The zero-order valence-corrected chi connectivity index (χ0v) is 14.2. The van der Waals surface area contributed by atoms with E-state index in [4.69, 9.17) is 4.74 Å². The predicted octanol–water partition coefficient (Wildman–Crippen LogP) is 1.76. The first-order chi connectivity index (χ1) is 11.8. The molecule has 3 heterocycles. The Morgan fingerprint density at radius 1 is 1.08 bits per heavy atom. The van der Waals surface area contributed by atoms with Crippen molar-refractivity contribution >= 4 is 5.91 Å². The first kappa shape index (κ1) is 16.1. The molecule has 3 fully saturated rings. The van der Waals surface area contributed by atoms with Gasteiger partial charge in [0.2, 0.25) is 5.91 Å². The zero-order valence-electron chi connectivity index (χ0n) is 14.2. The molecular weight excluding hydrogens is 302 g/mol. The van der Waals surface area contributed by atoms with Crippen LogP contribution in [0.1, 0.15) is 37.3 Å². The molecule has 0 aliphatic carbocycles. The number of carbonyl (C=O) groups is 1. The van der Waals surface area contributed by atoms with Gasteiger partial charge in [0.05, 0.1) is 19.4 Å². The SMILES string of the molecule is O=C1CC(N2CCOCC2)CC(N2CCCC2c2ccccc2)N1. The molecule has 130 valence electrons. The third-order valence-electron chi connectivity index (χ3n) is 5.68. The molecule has 3 aliphatic rings. The summed E-state index contributed by atoms with van der Waals surface area (Å²) in [6, 6.07) is 11.5. The summed E-state index contributed by atoms with van der Waals surface area (Å²) in [5.41, 5.74) is 1.37. The number of rotatable bonds is 3. The average Bonchev–Trinajstić information content (AvgIpc) is 3.12. The second kappa shape index (κ2) is 7.21. The molecule has 0 aromatic heterocycles. The van der Waals surface area contributed by atoms with Crippen LogP contribution < -0.4 is 5.32 Å². The molecular formula is C19H27N3O2. The van der Waals surface area contributed by atoms with Gasteiger partial charge >= 0.3 is 0 Å². The number of hydrogen-bond donors (Lipinski definition) is 1. The number of benzene rings is 1. The lowest BCUT2D eigenvalue weighted by Gasteiger charge is -2.43. The standard InChI is InChI=1S/C19H27N3O2/c23-19-14-16(21-9-11-24-12-10-21)13-18(20-19)22-8-4-7-17(22)15-5-2-1-3-6-15/h1-3,5-6,16-18H,4,7-14H2,(H,20,23). The number of morpholine rings is 1. The molecule has 3 atom stereocenters. The Labute approximate surface area is 144 Å².